The maximum absolute atomic E-state index is 14.6. The zero-order chi connectivity index (χ0) is 22.2. The van der Waals surface area contributed by atoms with Crippen LogP contribution in [0.5, 0.6) is 0 Å². The van der Waals surface area contributed by atoms with Crippen molar-refractivity contribution in [3.8, 4) is 0 Å². The summed E-state index contributed by atoms with van der Waals surface area (Å²) in [6, 6.07) is 8.07. The van der Waals surface area contributed by atoms with Crippen molar-refractivity contribution < 1.29 is 32.0 Å². The number of amides is 2. The molecule has 0 spiro atoms. The first-order valence-corrected chi connectivity index (χ1v) is 11.2. The molecule has 0 bridgehead atoms. The summed E-state index contributed by atoms with van der Waals surface area (Å²) >= 11 is 3.25. The lowest BCUT2D eigenvalue weighted by molar-refractivity contribution is -0.168. The Labute approximate surface area is 179 Å². The first-order valence-electron chi connectivity index (χ1n) is 8.48. The van der Waals surface area contributed by atoms with Gasteiger partial charge in [-0.25, -0.2) is 21.9 Å². The summed E-state index contributed by atoms with van der Waals surface area (Å²) in [5.74, 6) is -4.39. The SMILES string of the molecule is CS(=O)(=O)NCc1cc(F)c(C(=O)N2CC(=O)N(O)C2c2cccc(Br)c2)c(F)c1. The molecular weight excluding hydrogens is 488 g/mol. The second-order valence-electron chi connectivity index (χ2n) is 6.63. The normalized spacial score (nSPS) is 17.0. The third-order valence-electron chi connectivity index (χ3n) is 4.35. The van der Waals surface area contributed by atoms with Crippen LogP contribution in [0.3, 0.4) is 0 Å². The fourth-order valence-corrected chi connectivity index (χ4v) is 3.88. The molecule has 1 unspecified atom stereocenters. The number of sulfonamides is 1. The van der Waals surface area contributed by atoms with Gasteiger partial charge in [-0.2, -0.15) is 5.06 Å². The Balaban J connectivity index is 1.95. The quantitative estimate of drug-likeness (QED) is 0.608. The standard InChI is InChI=1S/C18H16BrF2N3O5S/c1-30(28,29)22-8-10-5-13(20)16(14(21)6-10)18(26)23-9-15(25)24(27)17(23)11-3-2-4-12(19)7-11/h2-7,17,22,27H,8-9H2,1H3. The highest BCUT2D eigenvalue weighted by molar-refractivity contribution is 9.10. The number of hydrogen-bond acceptors (Lipinski definition) is 5. The number of benzene rings is 2. The predicted molar refractivity (Wildman–Crippen MR) is 105 cm³/mol. The maximum Gasteiger partial charge on any atom is 0.267 e. The molecule has 0 saturated carbocycles. The molecule has 1 heterocycles. The van der Waals surface area contributed by atoms with Gasteiger partial charge in [0.1, 0.15) is 23.7 Å². The van der Waals surface area contributed by atoms with Crippen LogP contribution >= 0.6 is 15.9 Å². The molecule has 2 amide bonds. The van der Waals surface area contributed by atoms with E-state index in [9.17, 15) is 32.0 Å². The van der Waals surface area contributed by atoms with Crippen molar-refractivity contribution in [1.29, 1.82) is 0 Å². The second-order valence-corrected chi connectivity index (χ2v) is 9.38. The Morgan fingerprint density at radius 1 is 1.27 bits per heavy atom. The molecule has 3 rings (SSSR count). The van der Waals surface area contributed by atoms with E-state index >= 15 is 0 Å². The Bertz CT molecular complexity index is 1110. The van der Waals surface area contributed by atoms with E-state index in [-0.39, 0.29) is 12.1 Å². The fraction of sp³-hybridized carbons (Fsp3) is 0.222. The van der Waals surface area contributed by atoms with Crippen LogP contribution in [0.1, 0.15) is 27.7 Å². The minimum absolute atomic E-state index is 0.0307. The highest BCUT2D eigenvalue weighted by Gasteiger charge is 2.43. The van der Waals surface area contributed by atoms with Gasteiger partial charge in [-0.05, 0) is 35.4 Å². The van der Waals surface area contributed by atoms with E-state index in [1.807, 2.05) is 0 Å². The lowest BCUT2D eigenvalue weighted by Crippen LogP contribution is -2.35. The first-order chi connectivity index (χ1) is 14.0. The molecule has 0 aliphatic carbocycles. The molecular formula is C18H16BrF2N3O5S. The third kappa shape index (κ3) is 4.67. The molecule has 2 aromatic rings. The first kappa shape index (κ1) is 22.3. The Morgan fingerprint density at radius 2 is 1.90 bits per heavy atom. The maximum atomic E-state index is 14.6. The third-order valence-corrected chi connectivity index (χ3v) is 5.51. The summed E-state index contributed by atoms with van der Waals surface area (Å²) in [5, 5.41) is 10.5. The van der Waals surface area contributed by atoms with E-state index in [1.165, 1.54) is 0 Å². The molecule has 1 saturated heterocycles. The van der Waals surface area contributed by atoms with Crippen LogP contribution in [0, 0.1) is 11.6 Å². The van der Waals surface area contributed by atoms with E-state index in [0.29, 0.717) is 15.1 Å². The molecule has 1 fully saturated rings. The van der Waals surface area contributed by atoms with Crippen molar-refractivity contribution in [2.45, 2.75) is 12.7 Å². The minimum Gasteiger partial charge on any atom is -0.302 e. The minimum atomic E-state index is -3.59. The van der Waals surface area contributed by atoms with Gasteiger partial charge in [-0.3, -0.25) is 14.8 Å². The van der Waals surface area contributed by atoms with Gasteiger partial charge in [0, 0.05) is 11.0 Å². The molecule has 1 atom stereocenters. The van der Waals surface area contributed by atoms with Gasteiger partial charge in [0.15, 0.2) is 6.17 Å². The van der Waals surface area contributed by atoms with Gasteiger partial charge >= 0.3 is 0 Å². The van der Waals surface area contributed by atoms with Gasteiger partial charge in [0.05, 0.1) is 6.26 Å². The molecule has 2 aromatic carbocycles. The van der Waals surface area contributed by atoms with Crippen LogP contribution in [-0.2, 0) is 21.4 Å². The van der Waals surface area contributed by atoms with E-state index in [2.05, 4.69) is 20.7 Å². The summed E-state index contributed by atoms with van der Waals surface area (Å²) < 4.78 is 54.2. The average molecular weight is 504 g/mol. The molecule has 0 radical (unpaired) electrons. The Kier molecular flexibility index (Phi) is 6.22. The molecule has 12 heteroatoms. The number of nitrogens with one attached hydrogen (secondary N) is 1. The number of hydroxylamine groups is 2. The topological polar surface area (TPSA) is 107 Å². The lowest BCUT2D eigenvalue weighted by atomic mass is 10.1. The van der Waals surface area contributed by atoms with Crippen molar-refractivity contribution in [2.75, 3.05) is 12.8 Å². The van der Waals surface area contributed by atoms with E-state index in [4.69, 9.17) is 0 Å². The highest BCUT2D eigenvalue weighted by atomic mass is 79.9. The van der Waals surface area contributed by atoms with Crippen LogP contribution in [0.4, 0.5) is 8.78 Å². The van der Waals surface area contributed by atoms with Crippen LogP contribution in [0.25, 0.3) is 0 Å². The van der Waals surface area contributed by atoms with E-state index in [0.717, 1.165) is 23.3 Å². The van der Waals surface area contributed by atoms with Gasteiger partial charge in [-0.1, -0.05) is 28.1 Å². The molecule has 160 valence electrons. The fourth-order valence-electron chi connectivity index (χ4n) is 3.03. The Hall–Kier alpha value is -2.41. The summed E-state index contributed by atoms with van der Waals surface area (Å²) in [4.78, 5) is 25.8. The summed E-state index contributed by atoms with van der Waals surface area (Å²) in [7, 11) is -3.59. The summed E-state index contributed by atoms with van der Waals surface area (Å²) in [5.41, 5.74) is -0.598. The lowest BCUT2D eigenvalue weighted by Gasteiger charge is -2.27. The van der Waals surface area contributed by atoms with Gasteiger partial charge in [0.25, 0.3) is 11.8 Å². The van der Waals surface area contributed by atoms with Crippen LogP contribution in [0.2, 0.25) is 0 Å². The second kappa shape index (κ2) is 8.38. The molecule has 1 aliphatic rings. The Morgan fingerprint density at radius 3 is 2.47 bits per heavy atom. The largest absolute Gasteiger partial charge is 0.302 e. The molecule has 0 aromatic heterocycles. The van der Waals surface area contributed by atoms with E-state index < -0.39 is 51.7 Å². The zero-order valence-electron chi connectivity index (χ0n) is 15.5. The summed E-state index contributed by atoms with van der Waals surface area (Å²) in [6.45, 7) is -0.947. The average Bonchev–Trinajstić information content (AvgIpc) is 2.94. The monoisotopic (exact) mass is 503 g/mol. The molecule has 30 heavy (non-hydrogen) atoms. The number of hydrogen-bond donors (Lipinski definition) is 2. The number of rotatable bonds is 5. The van der Waals surface area contributed by atoms with Crippen LogP contribution in [0.15, 0.2) is 40.9 Å². The smallest absolute Gasteiger partial charge is 0.267 e. The van der Waals surface area contributed by atoms with Crippen molar-refractivity contribution in [3.05, 3.63) is 69.2 Å². The number of halogens is 3. The van der Waals surface area contributed by atoms with Crippen molar-refractivity contribution in [3.63, 3.8) is 0 Å². The zero-order valence-corrected chi connectivity index (χ0v) is 17.9. The number of nitrogens with zero attached hydrogens (tertiary/aromatic N) is 2. The molecule has 8 nitrogen and oxygen atoms in total. The van der Waals surface area contributed by atoms with Crippen LogP contribution < -0.4 is 4.72 Å². The molecule has 1 aliphatic heterocycles. The molecule has 2 N–H and O–H groups in total. The summed E-state index contributed by atoms with van der Waals surface area (Å²) in [6.07, 6.45) is -0.377. The van der Waals surface area contributed by atoms with Crippen molar-refractivity contribution in [2.24, 2.45) is 0 Å². The predicted octanol–water partition coefficient (Wildman–Crippen LogP) is 2.15. The highest BCUT2D eigenvalue weighted by Crippen LogP contribution is 2.33. The van der Waals surface area contributed by atoms with Crippen LogP contribution in [-0.4, -0.2) is 48.2 Å². The van der Waals surface area contributed by atoms with Gasteiger partial charge in [-0.15, -0.1) is 0 Å². The van der Waals surface area contributed by atoms with Gasteiger partial charge in [0.2, 0.25) is 10.0 Å². The van der Waals surface area contributed by atoms with Crippen molar-refractivity contribution in [1.82, 2.24) is 14.7 Å². The van der Waals surface area contributed by atoms with Gasteiger partial charge < -0.3 is 4.90 Å². The van der Waals surface area contributed by atoms with E-state index in [1.54, 1.807) is 24.3 Å². The number of carbonyl (C=O) groups excluding carboxylic acids is 2. The number of carbonyl (C=O) groups is 2. The van der Waals surface area contributed by atoms with Crippen molar-refractivity contribution >= 4 is 37.8 Å².